The van der Waals surface area contributed by atoms with Gasteiger partial charge < -0.3 is 19.2 Å². The van der Waals surface area contributed by atoms with Gasteiger partial charge in [0.15, 0.2) is 23.9 Å². The van der Waals surface area contributed by atoms with Gasteiger partial charge in [-0.25, -0.2) is 15.1 Å². The molecular formula is C32H32N8O3. The van der Waals surface area contributed by atoms with Gasteiger partial charge in [0.1, 0.15) is 17.0 Å². The number of benzene rings is 2. The Labute approximate surface area is 248 Å². The third kappa shape index (κ3) is 5.72. The van der Waals surface area contributed by atoms with Gasteiger partial charge in [-0.05, 0) is 51.2 Å². The lowest BCUT2D eigenvalue weighted by Crippen LogP contribution is -2.23. The largest absolute Gasteiger partial charge is 0.619 e. The standard InChI is InChI=1S/C32H32N8O3/c1-4-5-11-28-33-27-19-25(23-14-16-39(41)17-15-23)29(32(42-2)43-3)34-31(27)40(28)20-21-12-13-24(22-9-7-6-8-10-22)26(18-21)30-35-37-38-36-30/h6-10,12-19,32H,4-5,11,20H2,1-3H3,(H,35,36,37,38). The quantitative estimate of drug-likeness (QED) is 0.126. The summed E-state index contributed by atoms with van der Waals surface area (Å²) in [5.74, 6) is 1.54. The molecule has 11 heteroatoms. The van der Waals surface area contributed by atoms with E-state index in [-0.39, 0.29) is 0 Å². The number of ether oxygens (including phenoxy) is 2. The number of aryl methyl sites for hydroxylation is 1. The molecule has 6 aromatic rings. The number of hydrogen-bond acceptors (Lipinski definition) is 8. The summed E-state index contributed by atoms with van der Waals surface area (Å²) in [6.45, 7) is 2.71. The summed E-state index contributed by atoms with van der Waals surface area (Å²) >= 11 is 0. The molecule has 4 aromatic heterocycles. The van der Waals surface area contributed by atoms with Crippen molar-refractivity contribution in [3.8, 4) is 33.6 Å². The summed E-state index contributed by atoms with van der Waals surface area (Å²) in [5, 5.41) is 26.5. The first-order valence-corrected chi connectivity index (χ1v) is 14.2. The Bertz CT molecular complexity index is 1820. The third-order valence-electron chi connectivity index (χ3n) is 7.46. The van der Waals surface area contributed by atoms with Crippen LogP contribution in [0, 0.1) is 5.21 Å². The first-order chi connectivity index (χ1) is 21.1. The maximum absolute atomic E-state index is 11.7. The highest BCUT2D eigenvalue weighted by molar-refractivity contribution is 5.82. The molecule has 0 aliphatic rings. The Morgan fingerprint density at radius 1 is 0.907 bits per heavy atom. The van der Waals surface area contributed by atoms with Gasteiger partial charge in [0, 0.05) is 43.9 Å². The number of hydrogen-bond donors (Lipinski definition) is 1. The van der Waals surface area contributed by atoms with Gasteiger partial charge in [-0.3, -0.25) is 0 Å². The molecule has 218 valence electrons. The highest BCUT2D eigenvalue weighted by Crippen LogP contribution is 2.34. The minimum atomic E-state index is -0.711. The van der Waals surface area contributed by atoms with E-state index in [2.05, 4.69) is 62.4 Å². The van der Waals surface area contributed by atoms with Gasteiger partial charge in [0.05, 0.1) is 6.54 Å². The van der Waals surface area contributed by atoms with Crippen molar-refractivity contribution in [3.05, 3.63) is 101 Å². The summed E-state index contributed by atoms with van der Waals surface area (Å²) in [5.41, 5.74) is 7.77. The molecule has 0 spiro atoms. The van der Waals surface area contributed by atoms with E-state index in [1.165, 1.54) is 12.4 Å². The predicted octanol–water partition coefficient (Wildman–Crippen LogP) is 5.26. The average Bonchev–Trinajstić information content (AvgIpc) is 3.70. The highest BCUT2D eigenvalue weighted by atomic mass is 16.7. The fourth-order valence-electron chi connectivity index (χ4n) is 5.33. The molecule has 0 aliphatic heterocycles. The monoisotopic (exact) mass is 576 g/mol. The lowest BCUT2D eigenvalue weighted by Gasteiger charge is -2.18. The maximum atomic E-state index is 11.7. The van der Waals surface area contributed by atoms with Gasteiger partial charge in [0.2, 0.25) is 6.29 Å². The zero-order valence-corrected chi connectivity index (χ0v) is 24.3. The van der Waals surface area contributed by atoms with Gasteiger partial charge in [-0.2, -0.15) is 4.73 Å². The van der Waals surface area contributed by atoms with Crippen molar-refractivity contribution in [1.82, 2.24) is 35.2 Å². The molecule has 0 aliphatic carbocycles. The van der Waals surface area contributed by atoms with Crippen LogP contribution >= 0.6 is 0 Å². The molecule has 0 unspecified atom stereocenters. The SMILES string of the molecule is CCCCc1nc2cc(-c3cc[n+]([O-])cc3)c(C(OC)OC)nc2n1Cc1ccc(-c2ccccc2)c(-c2nnn[nH]2)c1. The fraction of sp³-hybridized carbons (Fsp3) is 0.250. The molecule has 0 fully saturated rings. The summed E-state index contributed by atoms with van der Waals surface area (Å²) in [4.78, 5) is 10.2. The Morgan fingerprint density at radius 2 is 1.67 bits per heavy atom. The second kappa shape index (κ2) is 12.5. The zero-order valence-electron chi connectivity index (χ0n) is 24.3. The number of fused-ring (bicyclic) bond motifs is 1. The van der Waals surface area contributed by atoms with E-state index in [1.54, 1.807) is 26.4 Å². The number of unbranched alkanes of at least 4 members (excludes halogenated alkanes) is 1. The summed E-state index contributed by atoms with van der Waals surface area (Å²) < 4.78 is 14.2. The van der Waals surface area contributed by atoms with Crippen molar-refractivity contribution in [1.29, 1.82) is 0 Å². The van der Waals surface area contributed by atoms with Crippen LogP contribution in [-0.4, -0.2) is 49.4 Å². The molecular weight excluding hydrogens is 544 g/mol. The third-order valence-corrected chi connectivity index (χ3v) is 7.46. The predicted molar refractivity (Wildman–Crippen MR) is 161 cm³/mol. The molecule has 11 nitrogen and oxygen atoms in total. The van der Waals surface area contributed by atoms with E-state index in [0.717, 1.165) is 74.4 Å². The summed E-state index contributed by atoms with van der Waals surface area (Å²) in [7, 11) is 3.16. The summed E-state index contributed by atoms with van der Waals surface area (Å²) in [6, 6.07) is 22.0. The normalized spacial score (nSPS) is 11.5. The molecule has 0 radical (unpaired) electrons. The lowest BCUT2D eigenvalue weighted by molar-refractivity contribution is -0.605. The number of methoxy groups -OCH3 is 2. The zero-order chi connectivity index (χ0) is 29.8. The van der Waals surface area contributed by atoms with E-state index < -0.39 is 6.29 Å². The Morgan fingerprint density at radius 3 is 2.37 bits per heavy atom. The molecule has 0 saturated heterocycles. The van der Waals surface area contributed by atoms with Gasteiger partial charge in [-0.15, -0.1) is 5.10 Å². The number of tetrazole rings is 1. The maximum Gasteiger partial charge on any atom is 0.201 e. The average molecular weight is 577 g/mol. The number of imidazole rings is 1. The van der Waals surface area contributed by atoms with Crippen LogP contribution in [0.15, 0.2) is 79.1 Å². The number of rotatable bonds is 11. The Balaban J connectivity index is 1.50. The van der Waals surface area contributed by atoms with Crippen LogP contribution < -0.4 is 4.73 Å². The van der Waals surface area contributed by atoms with E-state index >= 15 is 0 Å². The number of pyridine rings is 2. The van der Waals surface area contributed by atoms with E-state index in [4.69, 9.17) is 19.4 Å². The van der Waals surface area contributed by atoms with Crippen LogP contribution in [0.3, 0.4) is 0 Å². The molecule has 6 rings (SSSR count). The van der Waals surface area contributed by atoms with Gasteiger partial charge in [0.25, 0.3) is 0 Å². The molecule has 2 aromatic carbocycles. The Hall–Kier alpha value is -5.00. The van der Waals surface area contributed by atoms with E-state index in [0.29, 0.717) is 18.1 Å². The molecule has 0 atom stereocenters. The van der Waals surface area contributed by atoms with Crippen LogP contribution in [0.4, 0.5) is 0 Å². The molecule has 4 heterocycles. The second-order valence-corrected chi connectivity index (χ2v) is 10.2. The van der Waals surface area contributed by atoms with Gasteiger partial charge >= 0.3 is 0 Å². The lowest BCUT2D eigenvalue weighted by atomic mass is 9.97. The van der Waals surface area contributed by atoms with Crippen molar-refractivity contribution in [2.24, 2.45) is 0 Å². The van der Waals surface area contributed by atoms with Crippen LogP contribution in [-0.2, 0) is 22.4 Å². The molecule has 0 bridgehead atoms. The number of H-pyrrole nitrogens is 1. The van der Waals surface area contributed by atoms with E-state index in [1.807, 2.05) is 24.3 Å². The number of nitrogens with one attached hydrogen (secondary N) is 1. The van der Waals surface area contributed by atoms with Crippen LogP contribution in [0.25, 0.3) is 44.8 Å². The smallest absolute Gasteiger partial charge is 0.201 e. The molecule has 1 N–H and O–H groups in total. The van der Waals surface area contributed by atoms with Crippen molar-refractivity contribution in [3.63, 3.8) is 0 Å². The number of aromatic amines is 1. The summed E-state index contributed by atoms with van der Waals surface area (Å²) in [6.07, 6.45) is 5.05. The minimum Gasteiger partial charge on any atom is -0.619 e. The van der Waals surface area contributed by atoms with Crippen LogP contribution in [0.2, 0.25) is 0 Å². The van der Waals surface area contributed by atoms with Crippen molar-refractivity contribution >= 4 is 11.2 Å². The molecule has 0 saturated carbocycles. The van der Waals surface area contributed by atoms with Crippen LogP contribution in [0.5, 0.6) is 0 Å². The first kappa shape index (κ1) is 28.1. The number of aromatic nitrogens is 8. The molecule has 43 heavy (non-hydrogen) atoms. The number of nitrogens with zero attached hydrogens (tertiary/aromatic N) is 7. The minimum absolute atomic E-state index is 0.539. The van der Waals surface area contributed by atoms with E-state index in [9.17, 15) is 5.21 Å². The fourth-order valence-corrected chi connectivity index (χ4v) is 5.33. The highest BCUT2D eigenvalue weighted by Gasteiger charge is 2.23. The Kier molecular flexibility index (Phi) is 8.16. The topological polar surface area (TPSA) is 131 Å². The first-order valence-electron chi connectivity index (χ1n) is 14.2. The van der Waals surface area contributed by atoms with Gasteiger partial charge in [-0.1, -0.05) is 55.8 Å². The van der Waals surface area contributed by atoms with Crippen molar-refractivity contribution in [2.75, 3.05) is 14.2 Å². The van der Waals surface area contributed by atoms with Crippen molar-refractivity contribution in [2.45, 2.75) is 39.0 Å². The second-order valence-electron chi connectivity index (χ2n) is 10.2. The molecule has 0 amide bonds. The van der Waals surface area contributed by atoms with Crippen molar-refractivity contribution < 1.29 is 14.2 Å². The van der Waals surface area contributed by atoms with Crippen LogP contribution in [0.1, 0.15) is 43.1 Å².